The van der Waals surface area contributed by atoms with Crippen LogP contribution in [0.2, 0.25) is 0 Å². The van der Waals surface area contributed by atoms with E-state index < -0.39 is 0 Å². The summed E-state index contributed by atoms with van der Waals surface area (Å²) in [5.74, 6) is 0.257. The predicted octanol–water partition coefficient (Wildman–Crippen LogP) is 4.94. The molecule has 0 radical (unpaired) electrons. The van der Waals surface area contributed by atoms with Crippen molar-refractivity contribution in [1.82, 2.24) is 5.43 Å². The standard InChI is InChI=1S/C25H24BrN3O4/c1-3-32-22-14-18(15-27-29-25(31)19-9-5-4-6-10-19)13-21(26)24(22)33-16-23(30)28-20-11-7-8-17(2)12-20/h4-15H,3,16H2,1-2H3,(H,28,30)(H,29,31)/b27-15+. The molecule has 2 amide bonds. The first kappa shape index (κ1) is 24.0. The van der Waals surface area contributed by atoms with Crippen molar-refractivity contribution in [3.05, 3.63) is 87.9 Å². The van der Waals surface area contributed by atoms with Gasteiger partial charge in [-0.05, 0) is 77.3 Å². The van der Waals surface area contributed by atoms with Crippen LogP contribution in [-0.4, -0.2) is 31.2 Å². The minimum Gasteiger partial charge on any atom is -0.490 e. The van der Waals surface area contributed by atoms with Crippen molar-refractivity contribution in [2.45, 2.75) is 13.8 Å². The van der Waals surface area contributed by atoms with Crippen molar-refractivity contribution in [2.75, 3.05) is 18.5 Å². The summed E-state index contributed by atoms with van der Waals surface area (Å²) in [6, 6.07) is 19.8. The zero-order valence-corrected chi connectivity index (χ0v) is 19.9. The van der Waals surface area contributed by atoms with E-state index in [1.807, 2.05) is 44.2 Å². The molecule has 0 fully saturated rings. The summed E-state index contributed by atoms with van der Waals surface area (Å²) in [7, 11) is 0. The van der Waals surface area contributed by atoms with E-state index in [4.69, 9.17) is 9.47 Å². The van der Waals surface area contributed by atoms with Crippen molar-refractivity contribution in [3.8, 4) is 11.5 Å². The predicted molar refractivity (Wildman–Crippen MR) is 132 cm³/mol. The van der Waals surface area contributed by atoms with Crippen LogP contribution in [0.4, 0.5) is 5.69 Å². The Morgan fingerprint density at radius 3 is 2.55 bits per heavy atom. The molecule has 0 saturated heterocycles. The van der Waals surface area contributed by atoms with Gasteiger partial charge in [-0.1, -0.05) is 30.3 Å². The Labute approximate surface area is 200 Å². The lowest BCUT2D eigenvalue weighted by molar-refractivity contribution is -0.118. The van der Waals surface area contributed by atoms with Crippen molar-refractivity contribution < 1.29 is 19.1 Å². The lowest BCUT2D eigenvalue weighted by Crippen LogP contribution is -2.20. The fourth-order valence-corrected chi connectivity index (χ4v) is 3.52. The number of carbonyl (C=O) groups excluding carboxylic acids is 2. The maximum atomic E-state index is 12.3. The quantitative estimate of drug-likeness (QED) is 0.316. The lowest BCUT2D eigenvalue weighted by Gasteiger charge is -2.14. The number of ether oxygens (including phenoxy) is 2. The highest BCUT2D eigenvalue weighted by Gasteiger charge is 2.14. The number of rotatable bonds is 9. The van der Waals surface area contributed by atoms with E-state index in [0.29, 0.717) is 39.4 Å². The van der Waals surface area contributed by atoms with Crippen LogP contribution < -0.4 is 20.2 Å². The smallest absolute Gasteiger partial charge is 0.271 e. The van der Waals surface area contributed by atoms with E-state index in [2.05, 4.69) is 31.8 Å². The number of hydrogen-bond acceptors (Lipinski definition) is 5. The molecule has 2 N–H and O–H groups in total. The van der Waals surface area contributed by atoms with Crippen LogP contribution >= 0.6 is 15.9 Å². The van der Waals surface area contributed by atoms with E-state index in [9.17, 15) is 9.59 Å². The Bertz CT molecular complexity index is 1150. The maximum absolute atomic E-state index is 12.3. The minimum absolute atomic E-state index is 0.187. The number of carbonyl (C=O) groups is 2. The molecule has 0 saturated carbocycles. The minimum atomic E-state index is -0.310. The third kappa shape index (κ3) is 7.18. The molecule has 0 aliphatic carbocycles. The van der Waals surface area contributed by atoms with Crippen LogP contribution in [0, 0.1) is 6.92 Å². The number of hydrogen-bond donors (Lipinski definition) is 2. The number of nitrogens with zero attached hydrogens (tertiary/aromatic N) is 1. The first-order valence-electron chi connectivity index (χ1n) is 10.3. The molecule has 0 spiro atoms. The molecule has 0 bridgehead atoms. The molecule has 0 aliphatic rings. The van der Waals surface area contributed by atoms with Crippen molar-refractivity contribution in [1.29, 1.82) is 0 Å². The molecular formula is C25H24BrN3O4. The largest absolute Gasteiger partial charge is 0.490 e. The summed E-state index contributed by atoms with van der Waals surface area (Å²) in [5.41, 5.74) is 5.43. The molecule has 0 atom stereocenters. The van der Waals surface area contributed by atoms with Gasteiger partial charge >= 0.3 is 0 Å². The van der Waals surface area contributed by atoms with Gasteiger partial charge in [-0.25, -0.2) is 5.43 Å². The highest BCUT2D eigenvalue weighted by molar-refractivity contribution is 9.10. The van der Waals surface area contributed by atoms with Crippen molar-refractivity contribution in [2.24, 2.45) is 5.10 Å². The number of hydrazone groups is 1. The van der Waals surface area contributed by atoms with Gasteiger partial charge in [0.15, 0.2) is 18.1 Å². The second-order valence-corrected chi connectivity index (χ2v) is 7.89. The van der Waals surface area contributed by atoms with Gasteiger partial charge in [-0.15, -0.1) is 0 Å². The first-order valence-corrected chi connectivity index (χ1v) is 11.1. The molecule has 3 rings (SSSR count). The molecule has 0 unspecified atom stereocenters. The number of aryl methyl sites for hydroxylation is 1. The van der Waals surface area contributed by atoms with Gasteiger partial charge < -0.3 is 14.8 Å². The van der Waals surface area contributed by atoms with Gasteiger partial charge in [0.1, 0.15) is 0 Å². The zero-order chi connectivity index (χ0) is 23.6. The zero-order valence-electron chi connectivity index (χ0n) is 18.3. The van der Waals surface area contributed by atoms with Crippen molar-refractivity contribution in [3.63, 3.8) is 0 Å². The summed E-state index contributed by atoms with van der Waals surface area (Å²) in [4.78, 5) is 24.4. The van der Waals surface area contributed by atoms with E-state index in [0.717, 1.165) is 5.56 Å². The summed E-state index contributed by atoms with van der Waals surface area (Å²) in [6.45, 7) is 4.02. The molecule has 0 heterocycles. The van der Waals surface area contributed by atoms with E-state index in [1.54, 1.807) is 36.4 Å². The van der Waals surface area contributed by atoms with Crippen LogP contribution in [-0.2, 0) is 4.79 Å². The van der Waals surface area contributed by atoms with Gasteiger partial charge in [-0.2, -0.15) is 5.10 Å². The highest BCUT2D eigenvalue weighted by atomic mass is 79.9. The molecule has 8 heteroatoms. The van der Waals surface area contributed by atoms with Crippen LogP contribution in [0.1, 0.15) is 28.4 Å². The normalized spacial score (nSPS) is 10.6. The number of benzene rings is 3. The average molecular weight is 510 g/mol. The Hall–Kier alpha value is -3.65. The monoisotopic (exact) mass is 509 g/mol. The fourth-order valence-electron chi connectivity index (χ4n) is 2.94. The molecule has 3 aromatic carbocycles. The van der Waals surface area contributed by atoms with E-state index >= 15 is 0 Å². The first-order chi connectivity index (χ1) is 16.0. The topological polar surface area (TPSA) is 89.0 Å². The second-order valence-electron chi connectivity index (χ2n) is 7.03. The fraction of sp³-hybridized carbons (Fsp3) is 0.160. The Morgan fingerprint density at radius 2 is 1.82 bits per heavy atom. The van der Waals surface area contributed by atoms with Crippen molar-refractivity contribution >= 4 is 39.6 Å². The maximum Gasteiger partial charge on any atom is 0.271 e. The van der Waals surface area contributed by atoms with Gasteiger partial charge in [0.2, 0.25) is 0 Å². The summed E-state index contributed by atoms with van der Waals surface area (Å²) in [6.07, 6.45) is 1.50. The third-order valence-electron chi connectivity index (χ3n) is 4.40. The van der Waals surface area contributed by atoms with Gasteiger partial charge in [0, 0.05) is 11.3 Å². The highest BCUT2D eigenvalue weighted by Crippen LogP contribution is 2.36. The Balaban J connectivity index is 1.66. The van der Waals surface area contributed by atoms with E-state index in [-0.39, 0.29) is 18.4 Å². The number of amides is 2. The summed E-state index contributed by atoms with van der Waals surface area (Å²) in [5, 5.41) is 6.82. The molecule has 3 aromatic rings. The van der Waals surface area contributed by atoms with Gasteiger partial charge in [0.05, 0.1) is 17.3 Å². The molecule has 0 aliphatic heterocycles. The van der Waals surface area contributed by atoms with E-state index in [1.165, 1.54) is 6.21 Å². The Kier molecular flexibility index (Phi) is 8.60. The second kappa shape index (κ2) is 11.8. The van der Waals surface area contributed by atoms with Gasteiger partial charge in [0.25, 0.3) is 11.8 Å². The molecule has 7 nitrogen and oxygen atoms in total. The molecule has 0 aromatic heterocycles. The summed E-state index contributed by atoms with van der Waals surface area (Å²) >= 11 is 3.47. The Morgan fingerprint density at radius 1 is 1.03 bits per heavy atom. The lowest BCUT2D eigenvalue weighted by atomic mass is 10.2. The number of anilines is 1. The van der Waals surface area contributed by atoms with Crippen LogP contribution in [0.25, 0.3) is 0 Å². The van der Waals surface area contributed by atoms with Gasteiger partial charge in [-0.3, -0.25) is 9.59 Å². The SMILES string of the molecule is CCOc1cc(/C=N/NC(=O)c2ccccc2)cc(Br)c1OCC(=O)Nc1cccc(C)c1. The molecule has 170 valence electrons. The number of nitrogens with one attached hydrogen (secondary N) is 2. The third-order valence-corrected chi connectivity index (χ3v) is 4.99. The molecular weight excluding hydrogens is 486 g/mol. The number of halogens is 1. The summed E-state index contributed by atoms with van der Waals surface area (Å²) < 4.78 is 12.0. The van der Waals surface area contributed by atoms with Crippen LogP contribution in [0.15, 0.2) is 76.3 Å². The average Bonchev–Trinajstić information content (AvgIpc) is 2.79. The van der Waals surface area contributed by atoms with Crippen LogP contribution in [0.5, 0.6) is 11.5 Å². The van der Waals surface area contributed by atoms with Crippen LogP contribution in [0.3, 0.4) is 0 Å². The molecule has 33 heavy (non-hydrogen) atoms.